The van der Waals surface area contributed by atoms with Gasteiger partial charge in [0, 0.05) is 41.7 Å². The smallest absolute Gasteiger partial charge is 0.0410 e. The summed E-state index contributed by atoms with van der Waals surface area (Å²) in [4.78, 5) is 2.26. The summed E-state index contributed by atoms with van der Waals surface area (Å²) < 4.78 is 0. The molecule has 5 heteroatoms. The number of nitrogen functional groups attached to an aromatic ring is 3. The SMILES string of the molecule is Nc1ccccc1CN(Cc1ccccc1N)Cc1cc(Cl)ccc1N. The molecular weight excluding hydrogens is 344 g/mol. The van der Waals surface area contributed by atoms with Crippen molar-refractivity contribution in [2.24, 2.45) is 0 Å². The maximum atomic E-state index is 6.16. The zero-order valence-corrected chi connectivity index (χ0v) is 15.3. The van der Waals surface area contributed by atoms with Crippen molar-refractivity contribution in [2.75, 3.05) is 17.2 Å². The lowest BCUT2D eigenvalue weighted by molar-refractivity contribution is 0.249. The van der Waals surface area contributed by atoms with Gasteiger partial charge in [0.15, 0.2) is 0 Å². The van der Waals surface area contributed by atoms with E-state index in [2.05, 4.69) is 4.90 Å². The van der Waals surface area contributed by atoms with E-state index in [-0.39, 0.29) is 0 Å². The van der Waals surface area contributed by atoms with Gasteiger partial charge in [0.1, 0.15) is 0 Å². The molecule has 3 rings (SSSR count). The zero-order valence-electron chi connectivity index (χ0n) is 14.5. The Balaban J connectivity index is 1.89. The Kier molecular flexibility index (Phi) is 5.66. The van der Waals surface area contributed by atoms with E-state index in [0.717, 1.165) is 33.8 Å². The number of hydrogen-bond donors (Lipinski definition) is 3. The molecule has 134 valence electrons. The fourth-order valence-corrected chi connectivity index (χ4v) is 3.15. The second kappa shape index (κ2) is 8.13. The van der Waals surface area contributed by atoms with Gasteiger partial charge in [0.05, 0.1) is 0 Å². The summed E-state index contributed by atoms with van der Waals surface area (Å²) in [6.45, 7) is 2.02. The van der Waals surface area contributed by atoms with Gasteiger partial charge in [-0.05, 0) is 47.0 Å². The molecule has 0 bridgehead atoms. The number of nitrogens with zero attached hydrogens (tertiary/aromatic N) is 1. The normalized spacial score (nSPS) is 11.0. The van der Waals surface area contributed by atoms with Crippen LogP contribution in [0.5, 0.6) is 0 Å². The summed E-state index contributed by atoms with van der Waals surface area (Å²) in [7, 11) is 0. The molecule has 0 amide bonds. The highest BCUT2D eigenvalue weighted by Gasteiger charge is 2.13. The number of benzene rings is 3. The Morgan fingerprint density at radius 1 is 0.615 bits per heavy atom. The summed E-state index contributed by atoms with van der Waals surface area (Å²) in [5.41, 5.74) is 23.8. The van der Waals surface area contributed by atoms with Crippen LogP contribution in [0.1, 0.15) is 16.7 Å². The highest BCUT2D eigenvalue weighted by Crippen LogP contribution is 2.24. The predicted octanol–water partition coefficient (Wildman–Crippen LogP) is 4.29. The van der Waals surface area contributed by atoms with E-state index in [1.54, 1.807) is 6.07 Å². The van der Waals surface area contributed by atoms with Crippen molar-refractivity contribution in [3.8, 4) is 0 Å². The van der Waals surface area contributed by atoms with Crippen LogP contribution in [0, 0.1) is 0 Å². The minimum Gasteiger partial charge on any atom is -0.398 e. The number of halogens is 1. The highest BCUT2D eigenvalue weighted by atomic mass is 35.5. The van der Waals surface area contributed by atoms with Crippen LogP contribution >= 0.6 is 11.6 Å². The number of nitrogens with two attached hydrogens (primary N) is 3. The first kappa shape index (κ1) is 18.1. The van der Waals surface area contributed by atoms with E-state index in [1.807, 2.05) is 60.7 Å². The summed E-state index contributed by atoms with van der Waals surface area (Å²) in [6, 6.07) is 21.3. The molecule has 0 aromatic heterocycles. The lowest BCUT2D eigenvalue weighted by Crippen LogP contribution is -2.24. The Labute approximate surface area is 159 Å². The molecule has 0 aliphatic heterocycles. The third-order valence-corrected chi connectivity index (χ3v) is 4.63. The van der Waals surface area contributed by atoms with Crippen molar-refractivity contribution < 1.29 is 0 Å². The quantitative estimate of drug-likeness (QED) is 0.568. The largest absolute Gasteiger partial charge is 0.398 e. The van der Waals surface area contributed by atoms with E-state index < -0.39 is 0 Å². The molecule has 0 saturated carbocycles. The van der Waals surface area contributed by atoms with Crippen molar-refractivity contribution in [2.45, 2.75) is 19.6 Å². The van der Waals surface area contributed by atoms with Crippen LogP contribution in [0.3, 0.4) is 0 Å². The molecule has 26 heavy (non-hydrogen) atoms. The van der Waals surface area contributed by atoms with E-state index in [4.69, 9.17) is 28.8 Å². The average Bonchev–Trinajstić information content (AvgIpc) is 2.62. The molecule has 0 heterocycles. The third-order valence-electron chi connectivity index (χ3n) is 4.40. The zero-order chi connectivity index (χ0) is 18.5. The molecule has 3 aromatic rings. The molecule has 0 spiro atoms. The van der Waals surface area contributed by atoms with Crippen LogP contribution in [-0.4, -0.2) is 4.90 Å². The fraction of sp³-hybridized carbons (Fsp3) is 0.143. The Morgan fingerprint density at radius 3 is 1.62 bits per heavy atom. The van der Waals surface area contributed by atoms with Gasteiger partial charge in [-0.3, -0.25) is 4.90 Å². The van der Waals surface area contributed by atoms with Gasteiger partial charge in [0.25, 0.3) is 0 Å². The second-order valence-electron chi connectivity index (χ2n) is 6.39. The first-order chi connectivity index (χ1) is 12.5. The van der Waals surface area contributed by atoms with Crippen LogP contribution in [0.15, 0.2) is 66.7 Å². The van der Waals surface area contributed by atoms with Crippen molar-refractivity contribution >= 4 is 28.7 Å². The molecule has 3 aromatic carbocycles. The summed E-state index contributed by atoms with van der Waals surface area (Å²) in [5.74, 6) is 0. The maximum absolute atomic E-state index is 6.16. The van der Waals surface area contributed by atoms with Gasteiger partial charge in [-0.25, -0.2) is 0 Å². The maximum Gasteiger partial charge on any atom is 0.0410 e. The van der Waals surface area contributed by atoms with Gasteiger partial charge in [0.2, 0.25) is 0 Å². The van der Waals surface area contributed by atoms with Crippen molar-refractivity contribution in [3.63, 3.8) is 0 Å². The van der Waals surface area contributed by atoms with E-state index in [0.29, 0.717) is 24.7 Å². The number of hydrogen-bond acceptors (Lipinski definition) is 4. The van der Waals surface area contributed by atoms with Crippen LogP contribution in [0.4, 0.5) is 17.1 Å². The predicted molar refractivity (Wildman–Crippen MR) is 111 cm³/mol. The monoisotopic (exact) mass is 366 g/mol. The summed E-state index contributed by atoms with van der Waals surface area (Å²) in [6.07, 6.45) is 0. The van der Waals surface area contributed by atoms with Crippen molar-refractivity contribution in [1.82, 2.24) is 4.90 Å². The minimum absolute atomic E-state index is 0.648. The molecule has 0 radical (unpaired) electrons. The Bertz CT molecular complexity index is 847. The van der Waals surface area contributed by atoms with E-state index in [9.17, 15) is 0 Å². The van der Waals surface area contributed by atoms with Crippen LogP contribution < -0.4 is 17.2 Å². The second-order valence-corrected chi connectivity index (χ2v) is 6.82. The van der Waals surface area contributed by atoms with Crippen LogP contribution in [0.2, 0.25) is 5.02 Å². The first-order valence-electron chi connectivity index (χ1n) is 8.46. The molecule has 0 saturated heterocycles. The molecule has 4 nitrogen and oxygen atoms in total. The van der Waals surface area contributed by atoms with Gasteiger partial charge in [-0.1, -0.05) is 48.0 Å². The Hall–Kier alpha value is -2.69. The van der Waals surface area contributed by atoms with Gasteiger partial charge < -0.3 is 17.2 Å². The average molecular weight is 367 g/mol. The molecular formula is C21H23ClN4. The molecule has 0 aliphatic rings. The van der Waals surface area contributed by atoms with E-state index >= 15 is 0 Å². The van der Waals surface area contributed by atoms with Crippen molar-refractivity contribution in [3.05, 3.63) is 88.4 Å². The third kappa shape index (κ3) is 4.48. The lowest BCUT2D eigenvalue weighted by Gasteiger charge is -2.25. The van der Waals surface area contributed by atoms with Gasteiger partial charge >= 0.3 is 0 Å². The Morgan fingerprint density at radius 2 is 1.08 bits per heavy atom. The first-order valence-corrected chi connectivity index (χ1v) is 8.84. The topological polar surface area (TPSA) is 81.3 Å². The van der Waals surface area contributed by atoms with Gasteiger partial charge in [-0.2, -0.15) is 0 Å². The van der Waals surface area contributed by atoms with Crippen LogP contribution in [-0.2, 0) is 19.6 Å². The highest BCUT2D eigenvalue weighted by molar-refractivity contribution is 6.30. The van der Waals surface area contributed by atoms with Crippen molar-refractivity contribution in [1.29, 1.82) is 0 Å². The summed E-state index contributed by atoms with van der Waals surface area (Å²) in [5, 5.41) is 0.674. The summed E-state index contributed by atoms with van der Waals surface area (Å²) >= 11 is 6.16. The lowest BCUT2D eigenvalue weighted by atomic mass is 10.1. The van der Waals surface area contributed by atoms with E-state index in [1.165, 1.54) is 0 Å². The number of anilines is 3. The van der Waals surface area contributed by atoms with Gasteiger partial charge in [-0.15, -0.1) is 0 Å². The molecule has 0 fully saturated rings. The molecule has 0 aliphatic carbocycles. The van der Waals surface area contributed by atoms with Crippen LogP contribution in [0.25, 0.3) is 0 Å². The minimum atomic E-state index is 0.648. The standard InChI is InChI=1S/C21H23ClN4/c22-18-9-10-21(25)17(11-18)14-26(12-15-5-1-3-7-19(15)23)13-16-6-2-4-8-20(16)24/h1-11H,12-14,23-25H2. The number of para-hydroxylation sites is 2. The number of rotatable bonds is 6. The molecule has 6 N–H and O–H groups in total. The fourth-order valence-electron chi connectivity index (χ4n) is 2.96. The molecule has 0 unspecified atom stereocenters. The molecule has 0 atom stereocenters.